The number of hydrogen-bond donors (Lipinski definition) is 4. The van der Waals surface area contributed by atoms with Crippen molar-refractivity contribution in [2.45, 2.75) is 31.5 Å². The molecular weight excluding hydrogens is 425 g/mol. The summed E-state index contributed by atoms with van der Waals surface area (Å²) < 4.78 is 39.2. The molecule has 1 unspecified atom stereocenters. The maximum absolute atomic E-state index is 13.1. The van der Waals surface area contributed by atoms with Crippen LogP contribution in [0.25, 0.3) is 11.3 Å². The molecule has 10 heteroatoms. The fraction of sp³-hybridized carbons (Fsp3) is 0.227. The van der Waals surface area contributed by atoms with Gasteiger partial charge in [0.05, 0.1) is 22.5 Å². The third-order valence-electron chi connectivity index (χ3n) is 5.20. The number of aliphatic hydroxyl groups is 1. The Labute approximate surface area is 181 Å². The van der Waals surface area contributed by atoms with Crippen molar-refractivity contribution in [1.82, 2.24) is 9.97 Å². The third-order valence-corrected chi connectivity index (χ3v) is 5.20. The lowest BCUT2D eigenvalue weighted by Gasteiger charge is -2.15. The Hall–Kier alpha value is -3.66. The van der Waals surface area contributed by atoms with Crippen molar-refractivity contribution in [3.05, 3.63) is 65.5 Å². The zero-order valence-electron chi connectivity index (χ0n) is 16.9. The molecule has 0 saturated carbocycles. The quantitative estimate of drug-likeness (QED) is 0.459. The van der Waals surface area contributed by atoms with Crippen molar-refractivity contribution in [1.29, 1.82) is 0 Å². The van der Waals surface area contributed by atoms with E-state index in [-0.39, 0.29) is 16.9 Å². The molecule has 0 saturated heterocycles. The Balaban J connectivity index is 1.69. The van der Waals surface area contributed by atoms with E-state index in [4.69, 9.17) is 5.11 Å². The van der Waals surface area contributed by atoms with Gasteiger partial charge in [0, 0.05) is 30.2 Å². The highest BCUT2D eigenvalue weighted by atomic mass is 19.4. The number of anilines is 3. The Kier molecular flexibility index (Phi) is 5.25. The molecule has 1 atom stereocenters. The van der Waals surface area contributed by atoms with E-state index in [9.17, 15) is 23.1 Å². The van der Waals surface area contributed by atoms with Gasteiger partial charge in [-0.2, -0.15) is 13.2 Å². The van der Waals surface area contributed by atoms with E-state index in [2.05, 4.69) is 15.3 Å². The van der Waals surface area contributed by atoms with Gasteiger partial charge in [-0.15, -0.1) is 0 Å². The maximum Gasteiger partial charge on any atom is 0.416 e. The molecule has 4 rings (SSSR count). The predicted octanol–water partition coefficient (Wildman–Crippen LogP) is 4.85. The average molecular weight is 444 g/mol. The first-order valence-electron chi connectivity index (χ1n) is 9.66. The molecule has 1 heterocycles. The summed E-state index contributed by atoms with van der Waals surface area (Å²) in [6.45, 7) is 1.77. The highest BCUT2D eigenvalue weighted by Gasteiger charge is 2.33. The second kappa shape index (κ2) is 7.79. The second-order valence-electron chi connectivity index (χ2n) is 7.90. The van der Waals surface area contributed by atoms with E-state index < -0.39 is 23.4 Å². The fourth-order valence-corrected chi connectivity index (χ4v) is 3.85. The zero-order chi connectivity index (χ0) is 23.1. The lowest BCUT2D eigenvalue weighted by atomic mass is 10.0. The van der Waals surface area contributed by atoms with Crippen LogP contribution in [0.1, 0.15) is 23.6 Å². The number of aromatic nitrogens is 2. The molecule has 1 aromatic heterocycles. The van der Waals surface area contributed by atoms with Gasteiger partial charge in [-0.25, -0.2) is 14.8 Å². The maximum atomic E-state index is 13.1. The standard InChI is InChI=1S/C22H19F3N4O3/c1-21(32)9-12-3-2-4-16(15(12)10-21)28-19-8-17(26-11-27-19)14-6-5-13(22(23,24)25)7-18(14)29-20(30)31/h2-8,11,29,32H,9-10H2,1H3,(H,30,31)(H,26,27,28). The molecule has 2 aromatic carbocycles. The molecule has 32 heavy (non-hydrogen) atoms. The van der Waals surface area contributed by atoms with Crippen LogP contribution in [0.5, 0.6) is 0 Å². The van der Waals surface area contributed by atoms with Crippen LogP contribution < -0.4 is 10.6 Å². The van der Waals surface area contributed by atoms with E-state index in [1.165, 1.54) is 12.4 Å². The molecule has 7 nitrogen and oxygen atoms in total. The highest BCUT2D eigenvalue weighted by molar-refractivity contribution is 5.90. The SMILES string of the molecule is CC1(O)Cc2cccc(Nc3cc(-c4ccc(C(F)(F)F)cc4NC(=O)O)ncn3)c2C1. The molecule has 1 aliphatic rings. The molecule has 0 aliphatic heterocycles. The van der Waals surface area contributed by atoms with Crippen LogP contribution in [0.15, 0.2) is 48.8 Å². The molecule has 1 aliphatic carbocycles. The Morgan fingerprint density at radius 3 is 2.59 bits per heavy atom. The Bertz CT molecular complexity index is 1200. The summed E-state index contributed by atoms with van der Waals surface area (Å²) >= 11 is 0. The topological polar surface area (TPSA) is 107 Å². The predicted molar refractivity (Wildman–Crippen MR) is 112 cm³/mol. The zero-order valence-corrected chi connectivity index (χ0v) is 16.9. The van der Waals surface area contributed by atoms with Crippen LogP contribution >= 0.6 is 0 Å². The first kappa shape index (κ1) is 21.6. The van der Waals surface area contributed by atoms with Crippen LogP contribution in [-0.4, -0.2) is 31.9 Å². The van der Waals surface area contributed by atoms with E-state index in [1.54, 1.807) is 6.92 Å². The number of hydrogen-bond acceptors (Lipinski definition) is 5. The molecule has 1 amide bonds. The van der Waals surface area contributed by atoms with Crippen molar-refractivity contribution >= 4 is 23.3 Å². The summed E-state index contributed by atoms with van der Waals surface area (Å²) in [7, 11) is 0. The normalized spacial score (nSPS) is 17.7. The lowest BCUT2D eigenvalue weighted by Crippen LogP contribution is -2.23. The Morgan fingerprint density at radius 2 is 1.88 bits per heavy atom. The number of carboxylic acid groups (broad SMARTS) is 1. The van der Waals surface area contributed by atoms with Crippen molar-refractivity contribution in [3.63, 3.8) is 0 Å². The molecule has 166 valence electrons. The van der Waals surface area contributed by atoms with Gasteiger partial charge in [-0.3, -0.25) is 5.32 Å². The molecule has 0 fully saturated rings. The molecular formula is C22H19F3N4O3. The Morgan fingerprint density at radius 1 is 1.09 bits per heavy atom. The molecule has 0 bridgehead atoms. The minimum atomic E-state index is -4.62. The van der Waals surface area contributed by atoms with Crippen LogP contribution in [0.4, 0.5) is 35.2 Å². The molecule has 4 N–H and O–H groups in total. The van der Waals surface area contributed by atoms with Crippen molar-refractivity contribution < 1.29 is 28.2 Å². The van der Waals surface area contributed by atoms with E-state index in [1.807, 2.05) is 23.5 Å². The smallest absolute Gasteiger partial charge is 0.416 e. The number of benzene rings is 2. The number of amides is 1. The summed E-state index contributed by atoms with van der Waals surface area (Å²) in [6, 6.07) is 9.92. The van der Waals surface area contributed by atoms with Crippen LogP contribution in [0, 0.1) is 0 Å². The lowest BCUT2D eigenvalue weighted by molar-refractivity contribution is -0.137. The second-order valence-corrected chi connectivity index (χ2v) is 7.90. The third kappa shape index (κ3) is 4.50. The number of nitrogens with one attached hydrogen (secondary N) is 2. The van der Waals surface area contributed by atoms with Crippen molar-refractivity contribution in [2.75, 3.05) is 10.6 Å². The van der Waals surface area contributed by atoms with Gasteiger partial charge in [0.25, 0.3) is 0 Å². The molecule has 0 spiro atoms. The summed E-state index contributed by atoms with van der Waals surface area (Å²) in [5.74, 6) is 0.371. The number of nitrogens with zero attached hydrogens (tertiary/aromatic N) is 2. The van der Waals surface area contributed by atoms with Crippen molar-refractivity contribution in [2.24, 2.45) is 0 Å². The van der Waals surface area contributed by atoms with Gasteiger partial charge in [-0.05, 0) is 36.2 Å². The van der Waals surface area contributed by atoms with Gasteiger partial charge in [0.15, 0.2) is 0 Å². The number of halogens is 3. The van der Waals surface area contributed by atoms with Gasteiger partial charge in [-0.1, -0.05) is 18.2 Å². The van der Waals surface area contributed by atoms with Crippen LogP contribution in [0.2, 0.25) is 0 Å². The first-order valence-corrected chi connectivity index (χ1v) is 9.66. The minimum absolute atomic E-state index is 0.173. The van der Waals surface area contributed by atoms with E-state index in [0.717, 1.165) is 35.0 Å². The number of alkyl halides is 3. The molecule has 3 aromatic rings. The van der Waals surface area contributed by atoms with Crippen molar-refractivity contribution in [3.8, 4) is 11.3 Å². The summed E-state index contributed by atoms with van der Waals surface area (Å²) in [5.41, 5.74) is 1.07. The van der Waals surface area contributed by atoms with Crippen LogP contribution in [-0.2, 0) is 19.0 Å². The number of fused-ring (bicyclic) bond motifs is 1. The monoisotopic (exact) mass is 444 g/mol. The van der Waals surface area contributed by atoms with E-state index >= 15 is 0 Å². The van der Waals surface area contributed by atoms with Gasteiger partial charge < -0.3 is 15.5 Å². The highest BCUT2D eigenvalue weighted by Crippen LogP contribution is 2.37. The molecule has 0 radical (unpaired) electrons. The average Bonchev–Trinajstić information content (AvgIpc) is 3.02. The fourth-order valence-electron chi connectivity index (χ4n) is 3.85. The van der Waals surface area contributed by atoms with Gasteiger partial charge in [0.2, 0.25) is 0 Å². The number of carbonyl (C=O) groups is 1. The van der Waals surface area contributed by atoms with E-state index in [0.29, 0.717) is 18.7 Å². The summed E-state index contributed by atoms with van der Waals surface area (Å²) in [4.78, 5) is 19.4. The van der Waals surface area contributed by atoms with Crippen LogP contribution in [0.3, 0.4) is 0 Å². The first-order chi connectivity index (χ1) is 15.0. The van der Waals surface area contributed by atoms with Gasteiger partial charge in [0.1, 0.15) is 12.1 Å². The summed E-state index contributed by atoms with van der Waals surface area (Å²) in [5, 5.41) is 24.6. The van der Waals surface area contributed by atoms with Gasteiger partial charge >= 0.3 is 12.3 Å². The number of rotatable bonds is 4. The summed E-state index contributed by atoms with van der Waals surface area (Å²) in [6.07, 6.45) is -3.89. The largest absolute Gasteiger partial charge is 0.465 e. The minimum Gasteiger partial charge on any atom is -0.465 e.